The zero-order valence-corrected chi connectivity index (χ0v) is 67.8. The molecule has 0 aromatic heterocycles. The fraction of sp³-hybridized carbons (Fsp3) is 0.477. The minimum Gasteiger partial charge on any atom is -0.383 e. The molecular weight excluding hydrogens is 1480 g/mol. The fourth-order valence-electron chi connectivity index (χ4n) is 16.6. The van der Waals surface area contributed by atoms with Crippen LogP contribution in [-0.2, 0) is 53.1 Å². The zero-order valence-electron chi connectivity index (χ0n) is 65.3. The first-order chi connectivity index (χ1) is 53.8. The van der Waals surface area contributed by atoms with E-state index in [0.717, 1.165) is 77.0 Å². The average Bonchev–Trinajstić information content (AvgIpc) is 1.61. The molecule has 0 saturated carbocycles. The van der Waals surface area contributed by atoms with Gasteiger partial charge in [0.15, 0.2) is 0 Å². The monoisotopic (exact) mass is 1580 g/mol. The molecule has 6 aromatic carbocycles. The molecule has 9 heterocycles. The number of ether oxygens (including phenoxy) is 1. The summed E-state index contributed by atoms with van der Waals surface area (Å²) >= 11 is 4.52. The molecular formula is C86H105FN12O10S3. The fourth-order valence-corrected chi connectivity index (χ4v) is 21.2. The number of piperidine rings is 3. The van der Waals surface area contributed by atoms with Gasteiger partial charge in [0, 0.05) is 138 Å². The first-order valence-corrected chi connectivity index (χ1v) is 42.2. The molecule has 6 saturated heterocycles. The lowest BCUT2D eigenvalue weighted by Gasteiger charge is -2.40. The first kappa shape index (κ1) is 80.9. The highest BCUT2D eigenvalue weighted by atomic mass is 32.2. The molecule has 0 radical (unpaired) electrons. The largest absolute Gasteiger partial charge is 0.383 e. The minimum atomic E-state index is -0.538. The Hall–Kier alpha value is -9.11. The lowest BCUT2D eigenvalue weighted by atomic mass is 9.92. The number of carbonyl (C=O) groups is 9. The summed E-state index contributed by atoms with van der Waals surface area (Å²) in [5.41, 5.74) is 8.24. The number of urea groups is 3. The van der Waals surface area contributed by atoms with Gasteiger partial charge in [-0.1, -0.05) is 154 Å². The number of nitrogens with zero attached hydrogens (tertiary/aromatic N) is 9. The SMILES string of the molecule is CC(C)(C)CCN1C(=O)C(CC(=O)N2CCC(N3Cc4ccccc4NC3=O)CC2)SC1c1ccccc1F.CC(C)(C)N1C(=O)C(CC(=O)N2CCC(N3Cc4ccccc4NC3=O)CC2)SC1c1ccccc1.COCC(C)N1C(=O)C(CC(=O)N2CCC(N3Cc4ccccc4NC3=O)CC2)SC1c1ccccc1. The van der Waals surface area contributed by atoms with E-state index in [0.29, 0.717) is 90.5 Å². The maximum Gasteiger partial charge on any atom is 0.322 e. The van der Waals surface area contributed by atoms with Crippen molar-refractivity contribution < 1.29 is 52.3 Å². The quantitative estimate of drug-likeness (QED) is 0.0773. The van der Waals surface area contributed by atoms with Crippen LogP contribution in [0.1, 0.15) is 162 Å². The van der Waals surface area contributed by atoms with Crippen molar-refractivity contribution in [3.8, 4) is 0 Å². The van der Waals surface area contributed by atoms with Crippen LogP contribution in [0.4, 0.5) is 35.8 Å². The van der Waals surface area contributed by atoms with Crippen LogP contribution in [0.25, 0.3) is 0 Å². The Labute approximate surface area is 670 Å². The molecule has 3 N–H and O–H groups in total. The number of thioether (sulfide) groups is 3. The second-order valence-electron chi connectivity index (χ2n) is 32.6. The summed E-state index contributed by atoms with van der Waals surface area (Å²) in [6, 6.07) is 50.1. The van der Waals surface area contributed by atoms with Crippen molar-refractivity contribution in [2.45, 2.75) is 194 Å². The van der Waals surface area contributed by atoms with Crippen molar-refractivity contribution in [1.82, 2.24) is 44.1 Å². The van der Waals surface area contributed by atoms with Gasteiger partial charge >= 0.3 is 18.1 Å². The lowest BCUT2D eigenvalue weighted by molar-refractivity contribution is -0.139. The average molecular weight is 1580 g/mol. The maximum atomic E-state index is 14.7. The van der Waals surface area contributed by atoms with E-state index in [1.54, 1.807) is 53.7 Å². The van der Waals surface area contributed by atoms with Crippen LogP contribution < -0.4 is 16.0 Å². The molecule has 15 rings (SSSR count). The van der Waals surface area contributed by atoms with E-state index in [9.17, 15) is 47.5 Å². The summed E-state index contributed by atoms with van der Waals surface area (Å²) in [4.78, 5) is 135. The van der Waals surface area contributed by atoms with Crippen LogP contribution >= 0.6 is 35.3 Å². The van der Waals surface area contributed by atoms with Crippen LogP contribution in [0.5, 0.6) is 0 Å². The number of likely N-dealkylation sites (tertiary alicyclic amines) is 3. The predicted octanol–water partition coefficient (Wildman–Crippen LogP) is 14.6. The van der Waals surface area contributed by atoms with Gasteiger partial charge in [0.05, 0.1) is 28.4 Å². The summed E-state index contributed by atoms with van der Waals surface area (Å²) < 4.78 is 20.1. The number of nitrogens with one attached hydrogen (secondary N) is 3. The molecule has 26 heteroatoms. The second kappa shape index (κ2) is 35.5. The molecule has 7 unspecified atom stereocenters. The van der Waals surface area contributed by atoms with Crippen LogP contribution in [0.3, 0.4) is 0 Å². The van der Waals surface area contributed by atoms with Gasteiger partial charge < -0.3 is 64.8 Å². The van der Waals surface area contributed by atoms with Crippen molar-refractivity contribution in [2.75, 3.05) is 75.5 Å². The molecule has 6 fully saturated rings. The first-order valence-electron chi connectivity index (χ1n) is 39.3. The highest BCUT2D eigenvalue weighted by Crippen LogP contribution is 2.50. The minimum absolute atomic E-state index is 0.00436. The molecule has 594 valence electrons. The van der Waals surface area contributed by atoms with E-state index >= 15 is 0 Å². The third-order valence-corrected chi connectivity index (χ3v) is 27.1. The predicted molar refractivity (Wildman–Crippen MR) is 438 cm³/mol. The van der Waals surface area contributed by atoms with E-state index in [4.69, 9.17) is 4.74 Å². The van der Waals surface area contributed by atoms with Crippen molar-refractivity contribution in [1.29, 1.82) is 0 Å². The summed E-state index contributed by atoms with van der Waals surface area (Å²) in [5.74, 6) is -0.422. The normalized spacial score (nSPS) is 22.8. The number of fused-ring (bicyclic) bond motifs is 3. The molecule has 7 atom stereocenters. The third kappa shape index (κ3) is 18.7. The van der Waals surface area contributed by atoms with Crippen molar-refractivity contribution in [2.24, 2.45) is 5.41 Å². The molecule has 22 nitrogen and oxygen atoms in total. The van der Waals surface area contributed by atoms with Crippen LogP contribution in [0.2, 0.25) is 0 Å². The number of benzene rings is 6. The number of halogens is 1. The summed E-state index contributed by atoms with van der Waals surface area (Å²) in [5, 5.41) is 6.94. The Morgan fingerprint density at radius 3 is 1.22 bits per heavy atom. The molecule has 0 bridgehead atoms. The number of carbonyl (C=O) groups excluding carboxylic acids is 9. The van der Waals surface area contributed by atoms with Gasteiger partial charge in [0.2, 0.25) is 35.4 Å². The van der Waals surface area contributed by atoms with Crippen LogP contribution in [0, 0.1) is 11.2 Å². The van der Waals surface area contributed by atoms with Gasteiger partial charge in [-0.2, -0.15) is 0 Å². The Kier molecular flexibility index (Phi) is 25.7. The van der Waals surface area contributed by atoms with Crippen LogP contribution in [-0.4, -0.2) is 203 Å². The molecule has 0 spiro atoms. The number of hydrogen-bond acceptors (Lipinski definition) is 13. The second-order valence-corrected chi connectivity index (χ2v) is 36.5. The van der Waals surface area contributed by atoms with Crippen molar-refractivity contribution in [3.63, 3.8) is 0 Å². The molecule has 0 aliphatic carbocycles. The number of rotatable bonds is 17. The molecule has 112 heavy (non-hydrogen) atoms. The molecule has 12 amide bonds. The molecule has 6 aromatic rings. The maximum absolute atomic E-state index is 14.7. The highest BCUT2D eigenvalue weighted by molar-refractivity contribution is 8.01. The van der Waals surface area contributed by atoms with E-state index in [1.165, 1.54) is 17.8 Å². The number of amides is 12. The number of methoxy groups -OCH3 is 1. The molecule has 9 aliphatic heterocycles. The topological polar surface area (TPSA) is 228 Å². The van der Waals surface area contributed by atoms with Crippen molar-refractivity contribution in [3.05, 3.63) is 197 Å². The smallest absolute Gasteiger partial charge is 0.322 e. The Balaban J connectivity index is 0.000000147. The summed E-state index contributed by atoms with van der Waals surface area (Å²) in [6.07, 6.45) is 5.63. The highest BCUT2D eigenvalue weighted by Gasteiger charge is 2.49. The van der Waals surface area contributed by atoms with Crippen LogP contribution in [0.15, 0.2) is 158 Å². The Bertz CT molecular complexity index is 4390. The van der Waals surface area contributed by atoms with E-state index in [2.05, 4.69) is 36.7 Å². The van der Waals surface area contributed by atoms with Crippen molar-refractivity contribution >= 4 is 106 Å². The van der Waals surface area contributed by atoms with E-state index in [1.807, 2.05) is 200 Å². The van der Waals surface area contributed by atoms with Gasteiger partial charge in [-0.05, 0) is 130 Å². The van der Waals surface area contributed by atoms with Gasteiger partial charge in [-0.15, -0.1) is 35.3 Å². The van der Waals surface area contributed by atoms with E-state index < -0.39 is 15.9 Å². The Morgan fingerprint density at radius 1 is 0.464 bits per heavy atom. The van der Waals surface area contributed by atoms with Gasteiger partial charge in [0.25, 0.3) is 0 Å². The van der Waals surface area contributed by atoms with Gasteiger partial charge in [-0.3, -0.25) is 28.8 Å². The molecule has 9 aliphatic rings. The van der Waals surface area contributed by atoms with E-state index in [-0.39, 0.29) is 130 Å². The van der Waals surface area contributed by atoms with Gasteiger partial charge in [-0.25, -0.2) is 18.8 Å². The van der Waals surface area contributed by atoms with Gasteiger partial charge in [0.1, 0.15) is 21.9 Å². The summed E-state index contributed by atoms with van der Waals surface area (Å²) in [7, 11) is 1.64. The number of anilines is 3. The Morgan fingerprint density at radius 2 is 0.821 bits per heavy atom. The summed E-state index contributed by atoms with van der Waals surface area (Å²) in [6.45, 7) is 20.7. The number of para-hydroxylation sites is 3. The number of hydrogen-bond donors (Lipinski definition) is 3. The zero-order chi connectivity index (χ0) is 79.1. The standard InChI is InChI=1S/C30H37FN4O3S.C28H34N4O4S.C28H34N4O3S/c1-30(2,3)14-17-34-27(37)25(39-28(34)22-9-5-6-10-23(22)31)18-26(36)33-15-12-21(13-16-33)35-19-20-8-4-7-11-24(20)32-29(35)38;1-19(18-36-2)32-26(34)24(37-27(32)20-8-4-3-5-9-20)16-25(33)30-14-12-22(13-15-30)31-17-21-10-6-7-11-23(21)29-28(31)35;1-28(2,3)32-25(34)23(36-26(32)19-9-5-4-6-10-19)17-24(33)30-15-13-21(14-16-30)31-18-20-11-7-8-12-22(20)29-27(31)35/h4-11,21,25,28H,12-19H2,1-3H3,(H,32,38);3-11,19,22,24,27H,12-18H2,1-2H3,(H,29,35);4-12,21,23,26H,13-18H2,1-3H3,(H,29,35). The lowest BCUT2D eigenvalue weighted by Crippen LogP contribution is -2.51. The third-order valence-electron chi connectivity index (χ3n) is 22.7.